The third kappa shape index (κ3) is 7.07. The summed E-state index contributed by atoms with van der Waals surface area (Å²) in [7, 11) is -4.04. The van der Waals surface area contributed by atoms with Gasteiger partial charge in [0.15, 0.2) is 6.10 Å². The minimum absolute atomic E-state index is 0.000362. The highest BCUT2D eigenvalue weighted by molar-refractivity contribution is 9.10. The van der Waals surface area contributed by atoms with Crippen LogP contribution < -0.4 is 15.0 Å². The van der Waals surface area contributed by atoms with Gasteiger partial charge in [0.2, 0.25) is 15.9 Å². The van der Waals surface area contributed by atoms with Crippen LogP contribution in [0.5, 0.6) is 5.75 Å². The van der Waals surface area contributed by atoms with Crippen molar-refractivity contribution in [3.05, 3.63) is 125 Å². The van der Waals surface area contributed by atoms with Gasteiger partial charge in [-0.3, -0.25) is 9.59 Å². The quantitative estimate of drug-likeness (QED) is 0.267. The van der Waals surface area contributed by atoms with Crippen LogP contribution in [-0.4, -0.2) is 50.3 Å². The van der Waals surface area contributed by atoms with Gasteiger partial charge in [-0.2, -0.15) is 4.31 Å². The first-order chi connectivity index (χ1) is 20.3. The predicted octanol–water partition coefficient (Wildman–Crippen LogP) is 4.79. The first-order valence-electron chi connectivity index (χ1n) is 13.5. The number of anilines is 1. The van der Waals surface area contributed by atoms with E-state index in [1.54, 1.807) is 36.4 Å². The first-order valence-corrected chi connectivity index (χ1v) is 15.7. The van der Waals surface area contributed by atoms with Crippen molar-refractivity contribution in [2.24, 2.45) is 0 Å². The van der Waals surface area contributed by atoms with Crippen LogP contribution in [-0.2, 0) is 32.6 Å². The molecular weight excluding hydrogens is 618 g/mol. The van der Waals surface area contributed by atoms with Crippen LogP contribution >= 0.6 is 15.9 Å². The molecule has 0 spiro atoms. The number of benzene rings is 4. The molecule has 8 nitrogen and oxygen atoms in total. The highest BCUT2D eigenvalue weighted by Crippen LogP contribution is 2.33. The van der Waals surface area contributed by atoms with Crippen molar-refractivity contribution in [2.45, 2.75) is 24.0 Å². The van der Waals surface area contributed by atoms with Crippen molar-refractivity contribution in [2.75, 3.05) is 24.5 Å². The summed E-state index contributed by atoms with van der Waals surface area (Å²) in [6.07, 6.45) is -0.300. The summed E-state index contributed by atoms with van der Waals surface area (Å²) in [4.78, 5) is 28.5. The largest absolute Gasteiger partial charge is 0.477 e. The third-order valence-corrected chi connectivity index (χ3v) is 9.22. The molecule has 0 bridgehead atoms. The number of hydrogen-bond donors (Lipinski definition) is 1. The normalized spacial score (nSPS) is 14.6. The number of carbonyl (C=O) groups excluding carboxylic acids is 2. The first kappa shape index (κ1) is 29.5. The van der Waals surface area contributed by atoms with Gasteiger partial charge in [0.25, 0.3) is 5.91 Å². The molecule has 1 aliphatic heterocycles. The number of fused-ring (bicyclic) bond motifs is 1. The Morgan fingerprint density at radius 2 is 1.48 bits per heavy atom. The van der Waals surface area contributed by atoms with Gasteiger partial charge in [0.1, 0.15) is 5.75 Å². The van der Waals surface area contributed by atoms with Crippen LogP contribution in [0.25, 0.3) is 0 Å². The van der Waals surface area contributed by atoms with Crippen LogP contribution in [0.2, 0.25) is 0 Å². The van der Waals surface area contributed by atoms with Crippen LogP contribution in [0.3, 0.4) is 0 Å². The van der Waals surface area contributed by atoms with E-state index in [4.69, 9.17) is 4.74 Å². The summed E-state index contributed by atoms with van der Waals surface area (Å²) in [5, 5.41) is 2.90. The maximum Gasteiger partial charge on any atom is 0.262 e. The van der Waals surface area contributed by atoms with Crippen molar-refractivity contribution in [1.82, 2.24) is 9.62 Å². The highest BCUT2D eigenvalue weighted by atomic mass is 79.9. The minimum atomic E-state index is -4.04. The van der Waals surface area contributed by atoms with E-state index in [1.807, 2.05) is 60.7 Å². The monoisotopic (exact) mass is 647 g/mol. The summed E-state index contributed by atoms with van der Waals surface area (Å²) >= 11 is 3.34. The zero-order valence-electron chi connectivity index (χ0n) is 22.7. The summed E-state index contributed by atoms with van der Waals surface area (Å²) in [6.45, 7) is -0.0660. The number of amides is 2. The molecule has 5 rings (SSSR count). The molecule has 4 aromatic carbocycles. The Bertz CT molecular complexity index is 1630. The van der Waals surface area contributed by atoms with Crippen molar-refractivity contribution in [1.29, 1.82) is 0 Å². The number of hydrogen-bond acceptors (Lipinski definition) is 5. The molecule has 1 aliphatic rings. The molecule has 0 aromatic heterocycles. The van der Waals surface area contributed by atoms with E-state index in [-0.39, 0.29) is 23.9 Å². The van der Waals surface area contributed by atoms with Crippen LogP contribution in [0, 0.1) is 0 Å². The average molecular weight is 649 g/mol. The lowest BCUT2D eigenvalue weighted by Crippen LogP contribution is -2.53. The van der Waals surface area contributed by atoms with Gasteiger partial charge in [-0.1, -0.05) is 88.7 Å². The third-order valence-electron chi connectivity index (χ3n) is 6.89. The number of nitrogens with one attached hydrogen (secondary N) is 1. The van der Waals surface area contributed by atoms with E-state index in [0.717, 1.165) is 15.6 Å². The van der Waals surface area contributed by atoms with Gasteiger partial charge in [0.05, 0.1) is 23.7 Å². The Morgan fingerprint density at radius 1 is 0.857 bits per heavy atom. The molecule has 1 atom stereocenters. The van der Waals surface area contributed by atoms with Crippen molar-refractivity contribution < 1.29 is 22.7 Å². The number of carbonyl (C=O) groups is 2. The Kier molecular flexibility index (Phi) is 9.36. The maximum absolute atomic E-state index is 13.9. The van der Waals surface area contributed by atoms with Gasteiger partial charge in [-0.25, -0.2) is 8.42 Å². The lowest BCUT2D eigenvalue weighted by atomic mass is 10.1. The smallest absolute Gasteiger partial charge is 0.262 e. The van der Waals surface area contributed by atoms with E-state index in [9.17, 15) is 18.0 Å². The Balaban J connectivity index is 1.36. The fourth-order valence-corrected chi connectivity index (χ4v) is 6.34. The molecule has 0 aliphatic carbocycles. The molecule has 0 radical (unpaired) electrons. The van der Waals surface area contributed by atoms with Gasteiger partial charge >= 0.3 is 0 Å². The number of rotatable bonds is 10. The van der Waals surface area contributed by atoms with E-state index in [0.29, 0.717) is 24.4 Å². The van der Waals surface area contributed by atoms with Crippen molar-refractivity contribution >= 4 is 43.5 Å². The second-order valence-corrected chi connectivity index (χ2v) is 12.7. The van der Waals surface area contributed by atoms with E-state index < -0.39 is 28.6 Å². The van der Waals surface area contributed by atoms with Gasteiger partial charge in [0, 0.05) is 17.6 Å². The second kappa shape index (κ2) is 13.3. The topological polar surface area (TPSA) is 96.0 Å². The number of halogens is 1. The van der Waals surface area contributed by atoms with E-state index >= 15 is 0 Å². The maximum atomic E-state index is 13.9. The standard InChI is InChI=1S/C32H30BrN3O5S/c33-26-15-17-27(18-16-26)42(39,40)35(21-25-11-5-2-6-12-25)23-31(37)36-22-30(41-29-14-8-7-13-28(29)36)32(38)34-20-19-24-9-3-1-4-10-24/h1-18,30H,19-23H2,(H,34,38). The van der Waals surface area contributed by atoms with Crippen LogP contribution in [0.15, 0.2) is 119 Å². The molecule has 0 saturated heterocycles. The number of sulfonamides is 1. The lowest BCUT2D eigenvalue weighted by molar-refractivity contribution is -0.128. The van der Waals surface area contributed by atoms with Gasteiger partial charge in [-0.05, 0) is 53.9 Å². The fraction of sp³-hybridized carbons (Fsp3) is 0.188. The summed E-state index contributed by atoms with van der Waals surface area (Å²) in [5.41, 5.74) is 2.32. The van der Waals surface area contributed by atoms with E-state index in [1.165, 1.54) is 21.3 Å². The fourth-order valence-electron chi connectivity index (χ4n) is 4.70. The predicted molar refractivity (Wildman–Crippen MR) is 165 cm³/mol. The zero-order chi connectivity index (χ0) is 29.5. The zero-order valence-corrected chi connectivity index (χ0v) is 25.1. The lowest BCUT2D eigenvalue weighted by Gasteiger charge is -2.35. The van der Waals surface area contributed by atoms with Gasteiger partial charge in [-0.15, -0.1) is 0 Å². The van der Waals surface area contributed by atoms with Crippen molar-refractivity contribution in [3.63, 3.8) is 0 Å². The van der Waals surface area contributed by atoms with Gasteiger partial charge < -0.3 is 15.0 Å². The molecule has 42 heavy (non-hydrogen) atoms. The minimum Gasteiger partial charge on any atom is -0.477 e. The molecule has 0 saturated carbocycles. The molecular formula is C32H30BrN3O5S. The highest BCUT2D eigenvalue weighted by Gasteiger charge is 2.36. The summed E-state index contributed by atoms with van der Waals surface area (Å²) in [6, 6.07) is 32.2. The van der Waals surface area contributed by atoms with Crippen LogP contribution in [0.1, 0.15) is 11.1 Å². The molecule has 2 amide bonds. The molecule has 4 aromatic rings. The number of ether oxygens (including phenoxy) is 1. The summed E-state index contributed by atoms with van der Waals surface area (Å²) in [5.74, 6) is -0.433. The number of nitrogens with zero attached hydrogens (tertiary/aromatic N) is 2. The van der Waals surface area contributed by atoms with Crippen molar-refractivity contribution in [3.8, 4) is 5.75 Å². The van der Waals surface area contributed by atoms with Crippen LogP contribution in [0.4, 0.5) is 5.69 Å². The van der Waals surface area contributed by atoms with E-state index in [2.05, 4.69) is 21.2 Å². The average Bonchev–Trinajstić information content (AvgIpc) is 3.01. The summed E-state index contributed by atoms with van der Waals surface area (Å²) < 4.78 is 35.4. The Morgan fingerprint density at radius 3 is 2.17 bits per heavy atom. The Labute approximate surface area is 254 Å². The molecule has 1 heterocycles. The molecule has 216 valence electrons. The SMILES string of the molecule is O=C(NCCc1ccccc1)C1CN(C(=O)CN(Cc2ccccc2)S(=O)(=O)c2ccc(Br)cc2)c2ccccc2O1. The Hall–Kier alpha value is -3.99. The number of para-hydroxylation sites is 2. The molecule has 10 heteroatoms. The molecule has 1 N–H and O–H groups in total. The molecule has 1 unspecified atom stereocenters. The second-order valence-electron chi connectivity index (χ2n) is 9.82. The molecule has 0 fully saturated rings.